The number of carbonyl (C=O) groups is 1. The van der Waals surface area contributed by atoms with E-state index in [9.17, 15) is 4.79 Å². The van der Waals surface area contributed by atoms with Crippen molar-refractivity contribution < 1.29 is 9.53 Å². The van der Waals surface area contributed by atoms with Crippen molar-refractivity contribution >= 4 is 39.4 Å². The van der Waals surface area contributed by atoms with Gasteiger partial charge in [0.25, 0.3) is 0 Å². The zero-order valence-corrected chi connectivity index (χ0v) is 11.0. The number of hydrogen-bond acceptors (Lipinski definition) is 6. The molecule has 0 spiro atoms. The highest BCUT2D eigenvalue weighted by atomic mass is 32.2. The third kappa shape index (κ3) is 3.41. The Morgan fingerprint density at radius 3 is 3.24 bits per heavy atom. The second-order valence-electron chi connectivity index (χ2n) is 3.21. The number of carbonyl (C=O) groups excluding carboxylic acids is 1. The molecule has 2 rings (SSSR count). The van der Waals surface area contributed by atoms with Crippen molar-refractivity contribution in [3.05, 3.63) is 18.3 Å². The van der Waals surface area contributed by atoms with Gasteiger partial charge in [-0.15, -0.1) is 11.3 Å². The van der Waals surface area contributed by atoms with Gasteiger partial charge in [0.1, 0.15) is 0 Å². The van der Waals surface area contributed by atoms with Crippen molar-refractivity contribution in [2.24, 2.45) is 0 Å². The van der Waals surface area contributed by atoms with Crippen LogP contribution in [0.1, 0.15) is 13.3 Å². The van der Waals surface area contributed by atoms with Crippen LogP contribution in [0.2, 0.25) is 0 Å². The maximum Gasteiger partial charge on any atom is 0.306 e. The van der Waals surface area contributed by atoms with Crippen LogP contribution in [0, 0.1) is 0 Å². The summed E-state index contributed by atoms with van der Waals surface area (Å²) in [5, 5.41) is 0. The van der Waals surface area contributed by atoms with E-state index in [2.05, 4.69) is 9.97 Å². The Kier molecular flexibility index (Phi) is 4.33. The monoisotopic (exact) mass is 268 g/mol. The van der Waals surface area contributed by atoms with Gasteiger partial charge < -0.3 is 4.74 Å². The van der Waals surface area contributed by atoms with E-state index in [-0.39, 0.29) is 5.97 Å². The van der Waals surface area contributed by atoms with Crippen molar-refractivity contribution in [1.82, 2.24) is 9.97 Å². The molecule has 0 saturated carbocycles. The SMILES string of the molecule is CCOC(=O)CCSc1nc2ncccc2s1. The average Bonchev–Trinajstić information content (AvgIpc) is 2.71. The summed E-state index contributed by atoms with van der Waals surface area (Å²) in [4.78, 5) is 19.7. The summed E-state index contributed by atoms with van der Waals surface area (Å²) in [6, 6.07) is 3.89. The molecule has 4 nitrogen and oxygen atoms in total. The van der Waals surface area contributed by atoms with Crippen LogP contribution in [0.4, 0.5) is 0 Å². The highest BCUT2D eigenvalue weighted by molar-refractivity contribution is 8.01. The lowest BCUT2D eigenvalue weighted by atomic mass is 10.5. The molecule has 0 bridgehead atoms. The van der Waals surface area contributed by atoms with E-state index in [1.165, 1.54) is 0 Å². The molecular weight excluding hydrogens is 256 g/mol. The first-order valence-corrected chi connectivity index (χ1v) is 7.10. The Labute approximate surface area is 107 Å². The van der Waals surface area contributed by atoms with Crippen LogP contribution < -0.4 is 0 Å². The minimum atomic E-state index is -0.153. The highest BCUT2D eigenvalue weighted by Crippen LogP contribution is 2.28. The Bertz CT molecular complexity index is 480. The van der Waals surface area contributed by atoms with Crippen LogP contribution >= 0.6 is 23.1 Å². The van der Waals surface area contributed by atoms with Gasteiger partial charge in [-0.2, -0.15) is 0 Å². The number of fused-ring (bicyclic) bond motifs is 1. The summed E-state index contributed by atoms with van der Waals surface area (Å²) in [6.07, 6.45) is 2.15. The molecule has 0 amide bonds. The molecule has 0 atom stereocenters. The maximum absolute atomic E-state index is 11.1. The third-order valence-electron chi connectivity index (χ3n) is 1.98. The molecule has 0 saturated heterocycles. The fourth-order valence-corrected chi connectivity index (χ4v) is 3.27. The zero-order valence-electron chi connectivity index (χ0n) is 9.38. The molecule has 90 valence electrons. The van der Waals surface area contributed by atoms with Crippen molar-refractivity contribution in [3.8, 4) is 0 Å². The number of thioether (sulfide) groups is 1. The first-order chi connectivity index (χ1) is 8.29. The molecule has 0 aliphatic rings. The molecule has 0 radical (unpaired) electrons. The topological polar surface area (TPSA) is 52.1 Å². The average molecular weight is 268 g/mol. The zero-order chi connectivity index (χ0) is 12.1. The predicted octanol–water partition coefficient (Wildman–Crippen LogP) is 2.74. The predicted molar refractivity (Wildman–Crippen MR) is 69.4 cm³/mol. The standard InChI is InChI=1S/C11H12N2O2S2/c1-2-15-9(14)5-7-16-11-13-10-8(17-11)4-3-6-12-10/h3-4,6H,2,5,7H2,1H3. The summed E-state index contributed by atoms with van der Waals surface area (Å²) < 4.78 is 6.88. The van der Waals surface area contributed by atoms with E-state index >= 15 is 0 Å². The van der Waals surface area contributed by atoms with Crippen molar-refractivity contribution in [3.63, 3.8) is 0 Å². The van der Waals surface area contributed by atoms with Gasteiger partial charge in [0.05, 0.1) is 17.7 Å². The van der Waals surface area contributed by atoms with E-state index in [4.69, 9.17) is 4.74 Å². The lowest BCUT2D eigenvalue weighted by Crippen LogP contribution is -2.04. The number of nitrogens with zero attached hydrogens (tertiary/aromatic N) is 2. The molecule has 0 aliphatic carbocycles. The number of rotatable bonds is 5. The molecule has 0 aromatic carbocycles. The molecule has 0 aliphatic heterocycles. The van der Waals surface area contributed by atoms with Gasteiger partial charge in [0, 0.05) is 11.9 Å². The summed E-state index contributed by atoms with van der Waals surface area (Å²) in [5.74, 6) is 0.540. The summed E-state index contributed by atoms with van der Waals surface area (Å²) in [7, 11) is 0. The van der Waals surface area contributed by atoms with E-state index in [1.54, 1.807) is 29.3 Å². The van der Waals surface area contributed by atoms with Gasteiger partial charge in [-0.3, -0.25) is 4.79 Å². The number of ether oxygens (including phenoxy) is 1. The number of pyridine rings is 1. The van der Waals surface area contributed by atoms with Crippen LogP contribution in [0.25, 0.3) is 10.3 Å². The van der Waals surface area contributed by atoms with Gasteiger partial charge in [-0.05, 0) is 19.1 Å². The minimum absolute atomic E-state index is 0.153. The van der Waals surface area contributed by atoms with Gasteiger partial charge in [-0.25, -0.2) is 9.97 Å². The molecule has 0 N–H and O–H groups in total. The minimum Gasteiger partial charge on any atom is -0.466 e. The first-order valence-electron chi connectivity index (χ1n) is 5.29. The lowest BCUT2D eigenvalue weighted by Gasteiger charge is -1.99. The third-order valence-corrected chi connectivity index (χ3v) is 4.14. The number of aromatic nitrogens is 2. The largest absolute Gasteiger partial charge is 0.466 e. The van der Waals surface area contributed by atoms with E-state index < -0.39 is 0 Å². The normalized spacial score (nSPS) is 10.6. The molecular formula is C11H12N2O2S2. The first kappa shape index (κ1) is 12.3. The quantitative estimate of drug-likeness (QED) is 0.616. The Balaban J connectivity index is 1.89. The number of esters is 1. The fourth-order valence-electron chi connectivity index (χ4n) is 1.27. The van der Waals surface area contributed by atoms with Gasteiger partial charge in [0.15, 0.2) is 9.99 Å². The molecule has 2 aromatic rings. The van der Waals surface area contributed by atoms with E-state index in [0.29, 0.717) is 18.8 Å². The van der Waals surface area contributed by atoms with Gasteiger partial charge in [0.2, 0.25) is 0 Å². The van der Waals surface area contributed by atoms with Gasteiger partial charge >= 0.3 is 5.97 Å². The Morgan fingerprint density at radius 2 is 2.47 bits per heavy atom. The number of thiazole rings is 1. The van der Waals surface area contributed by atoms with Crippen LogP contribution in [0.5, 0.6) is 0 Å². The summed E-state index contributed by atoms with van der Waals surface area (Å²) >= 11 is 3.17. The fraction of sp³-hybridized carbons (Fsp3) is 0.364. The summed E-state index contributed by atoms with van der Waals surface area (Å²) in [5.41, 5.74) is 0.774. The molecule has 0 fully saturated rings. The van der Waals surface area contributed by atoms with Crippen molar-refractivity contribution in [2.75, 3.05) is 12.4 Å². The van der Waals surface area contributed by atoms with Crippen LogP contribution in [0.15, 0.2) is 22.7 Å². The van der Waals surface area contributed by atoms with E-state index in [0.717, 1.165) is 14.7 Å². The van der Waals surface area contributed by atoms with Crippen LogP contribution in [-0.2, 0) is 9.53 Å². The molecule has 17 heavy (non-hydrogen) atoms. The molecule has 2 heterocycles. The summed E-state index contributed by atoms with van der Waals surface area (Å²) in [6.45, 7) is 2.25. The van der Waals surface area contributed by atoms with Crippen LogP contribution in [0.3, 0.4) is 0 Å². The second kappa shape index (κ2) is 5.97. The molecule has 6 heteroatoms. The Hall–Kier alpha value is -1.14. The number of hydrogen-bond donors (Lipinski definition) is 0. The second-order valence-corrected chi connectivity index (χ2v) is 5.58. The smallest absolute Gasteiger partial charge is 0.306 e. The molecule has 2 aromatic heterocycles. The van der Waals surface area contributed by atoms with Crippen LogP contribution in [-0.4, -0.2) is 28.3 Å². The molecule has 0 unspecified atom stereocenters. The maximum atomic E-state index is 11.1. The van der Waals surface area contributed by atoms with Gasteiger partial charge in [-0.1, -0.05) is 11.8 Å². The van der Waals surface area contributed by atoms with Crippen molar-refractivity contribution in [2.45, 2.75) is 17.7 Å². The van der Waals surface area contributed by atoms with E-state index in [1.807, 2.05) is 19.1 Å². The lowest BCUT2D eigenvalue weighted by molar-refractivity contribution is -0.142. The van der Waals surface area contributed by atoms with Crippen molar-refractivity contribution in [1.29, 1.82) is 0 Å². The highest BCUT2D eigenvalue weighted by Gasteiger charge is 2.06. The Morgan fingerprint density at radius 1 is 1.59 bits per heavy atom.